The van der Waals surface area contributed by atoms with E-state index in [9.17, 15) is 10.1 Å². The van der Waals surface area contributed by atoms with Crippen LogP contribution < -0.4 is 10.1 Å². The molecule has 22 heavy (non-hydrogen) atoms. The summed E-state index contributed by atoms with van der Waals surface area (Å²) in [6.45, 7) is 4.41. The molecule has 5 heteroatoms. The third-order valence-electron chi connectivity index (χ3n) is 4.06. The van der Waals surface area contributed by atoms with E-state index in [-0.39, 0.29) is 11.8 Å². The van der Waals surface area contributed by atoms with Gasteiger partial charge in [-0.3, -0.25) is 4.79 Å². The van der Waals surface area contributed by atoms with Crippen LogP contribution in [0.15, 0.2) is 18.2 Å². The standard InChI is InChI=1S/C17H22N2O3/c1-4-9-22-14-7-8-15(12(10-14)11-18)19-16(20)17(2,21-3)13-5-6-13/h7-8,10,13H,4-6,9H2,1-3H3,(H,19,20)/t17-/m1/s1. The SMILES string of the molecule is CCCOc1ccc(NC(=O)[C@](C)(OC)C2CC2)c(C#N)c1. The largest absolute Gasteiger partial charge is 0.494 e. The van der Waals surface area contributed by atoms with Gasteiger partial charge in [0, 0.05) is 7.11 Å². The fourth-order valence-electron chi connectivity index (χ4n) is 2.36. The number of benzene rings is 1. The van der Waals surface area contributed by atoms with Crippen LogP contribution in [0.1, 0.15) is 38.7 Å². The molecule has 1 N–H and O–H groups in total. The van der Waals surface area contributed by atoms with Crippen molar-refractivity contribution in [3.63, 3.8) is 0 Å². The van der Waals surface area contributed by atoms with Crippen LogP contribution in [0.25, 0.3) is 0 Å². The Labute approximate surface area is 131 Å². The fourth-order valence-corrected chi connectivity index (χ4v) is 2.36. The Hall–Kier alpha value is -2.06. The number of nitrogens with one attached hydrogen (secondary N) is 1. The fraction of sp³-hybridized carbons (Fsp3) is 0.529. The van der Waals surface area contributed by atoms with Crippen molar-refractivity contribution < 1.29 is 14.3 Å². The topological polar surface area (TPSA) is 71.3 Å². The van der Waals surface area contributed by atoms with E-state index in [4.69, 9.17) is 9.47 Å². The Morgan fingerprint density at radius 3 is 2.77 bits per heavy atom. The molecule has 0 bridgehead atoms. The maximum absolute atomic E-state index is 12.5. The van der Waals surface area contributed by atoms with Crippen LogP contribution in [-0.2, 0) is 9.53 Å². The van der Waals surface area contributed by atoms with Crippen molar-refractivity contribution in [1.29, 1.82) is 5.26 Å². The minimum absolute atomic E-state index is 0.212. The molecule has 0 heterocycles. The summed E-state index contributed by atoms with van der Waals surface area (Å²) in [6.07, 6.45) is 2.88. The smallest absolute Gasteiger partial charge is 0.256 e. The third-order valence-corrected chi connectivity index (χ3v) is 4.06. The maximum Gasteiger partial charge on any atom is 0.256 e. The molecule has 118 valence electrons. The highest BCUT2D eigenvalue weighted by molar-refractivity contribution is 5.98. The van der Waals surface area contributed by atoms with Gasteiger partial charge in [-0.25, -0.2) is 0 Å². The van der Waals surface area contributed by atoms with Gasteiger partial charge in [-0.2, -0.15) is 5.26 Å². The molecule has 0 aromatic heterocycles. The van der Waals surface area contributed by atoms with Crippen LogP contribution in [-0.4, -0.2) is 25.2 Å². The maximum atomic E-state index is 12.5. The van der Waals surface area contributed by atoms with Crippen molar-refractivity contribution in [3.05, 3.63) is 23.8 Å². The van der Waals surface area contributed by atoms with Crippen LogP contribution >= 0.6 is 0 Å². The Kier molecular flexibility index (Phi) is 5.04. The predicted molar refractivity (Wildman–Crippen MR) is 83.7 cm³/mol. The van der Waals surface area contributed by atoms with Gasteiger partial charge in [-0.1, -0.05) is 6.92 Å². The van der Waals surface area contributed by atoms with Crippen LogP contribution in [0.4, 0.5) is 5.69 Å². The van der Waals surface area contributed by atoms with Gasteiger partial charge < -0.3 is 14.8 Å². The Morgan fingerprint density at radius 2 is 2.23 bits per heavy atom. The first-order chi connectivity index (χ1) is 10.5. The van der Waals surface area contributed by atoms with E-state index < -0.39 is 5.60 Å². The van der Waals surface area contributed by atoms with Gasteiger partial charge in [0.05, 0.1) is 17.9 Å². The lowest BCUT2D eigenvalue weighted by Crippen LogP contribution is -2.44. The van der Waals surface area contributed by atoms with Crippen molar-refractivity contribution in [1.82, 2.24) is 0 Å². The summed E-state index contributed by atoms with van der Waals surface area (Å²) in [5.74, 6) is 0.666. The van der Waals surface area contributed by atoms with Crippen LogP contribution in [0.2, 0.25) is 0 Å². The second-order valence-corrected chi connectivity index (χ2v) is 5.71. The van der Waals surface area contributed by atoms with Crippen molar-refractivity contribution >= 4 is 11.6 Å². The summed E-state index contributed by atoms with van der Waals surface area (Å²) in [4.78, 5) is 12.5. The highest BCUT2D eigenvalue weighted by atomic mass is 16.5. The van der Waals surface area contributed by atoms with E-state index in [0.717, 1.165) is 19.3 Å². The average Bonchev–Trinajstić information content (AvgIpc) is 3.38. The molecule has 0 saturated heterocycles. The minimum Gasteiger partial charge on any atom is -0.494 e. The molecule has 0 radical (unpaired) electrons. The lowest BCUT2D eigenvalue weighted by atomic mass is 9.98. The number of nitrogens with zero attached hydrogens (tertiary/aromatic N) is 1. The number of nitriles is 1. The van der Waals surface area contributed by atoms with Gasteiger partial charge in [-0.15, -0.1) is 0 Å². The molecule has 0 spiro atoms. The van der Waals surface area contributed by atoms with E-state index in [1.807, 2.05) is 6.92 Å². The molecule has 5 nitrogen and oxygen atoms in total. The number of anilines is 1. The molecule has 2 rings (SSSR count). The zero-order chi connectivity index (χ0) is 16.2. The number of rotatable bonds is 7. The number of hydrogen-bond donors (Lipinski definition) is 1. The summed E-state index contributed by atoms with van der Waals surface area (Å²) >= 11 is 0. The van der Waals surface area contributed by atoms with Gasteiger partial charge in [0.2, 0.25) is 0 Å². The monoisotopic (exact) mass is 302 g/mol. The first kappa shape index (κ1) is 16.3. The third kappa shape index (κ3) is 3.40. The molecule has 0 unspecified atom stereocenters. The van der Waals surface area contributed by atoms with Gasteiger partial charge >= 0.3 is 0 Å². The van der Waals surface area contributed by atoms with Crippen molar-refractivity contribution in [3.8, 4) is 11.8 Å². The summed E-state index contributed by atoms with van der Waals surface area (Å²) in [5.41, 5.74) is 0.0286. The molecule has 1 atom stereocenters. The van der Waals surface area contributed by atoms with Crippen molar-refractivity contribution in [2.24, 2.45) is 5.92 Å². The van der Waals surface area contributed by atoms with Gasteiger partial charge in [0.15, 0.2) is 0 Å². The van der Waals surface area contributed by atoms with Crippen LogP contribution in [0.5, 0.6) is 5.75 Å². The summed E-state index contributed by atoms with van der Waals surface area (Å²) < 4.78 is 10.9. The number of methoxy groups -OCH3 is 1. The summed E-state index contributed by atoms with van der Waals surface area (Å²) in [5, 5.41) is 12.1. The number of hydrogen-bond acceptors (Lipinski definition) is 4. The molecule has 1 aromatic rings. The van der Waals surface area contributed by atoms with E-state index >= 15 is 0 Å². The van der Waals surface area contributed by atoms with Crippen LogP contribution in [0.3, 0.4) is 0 Å². The number of amides is 1. The van der Waals surface area contributed by atoms with Gasteiger partial charge in [0.25, 0.3) is 5.91 Å². The Morgan fingerprint density at radius 1 is 1.50 bits per heavy atom. The van der Waals surface area contributed by atoms with Crippen molar-refractivity contribution in [2.45, 2.75) is 38.7 Å². The van der Waals surface area contributed by atoms with Crippen LogP contribution in [0, 0.1) is 17.2 Å². The highest BCUT2D eigenvalue weighted by Gasteiger charge is 2.47. The summed E-state index contributed by atoms with van der Waals surface area (Å²) in [6, 6.07) is 7.20. The number of carbonyl (C=O) groups is 1. The Balaban J connectivity index is 2.15. The normalized spacial score (nSPS) is 16.5. The molecule has 0 aliphatic heterocycles. The summed E-state index contributed by atoms with van der Waals surface area (Å²) in [7, 11) is 1.55. The number of carbonyl (C=O) groups excluding carboxylic acids is 1. The quantitative estimate of drug-likeness (QED) is 0.840. The van der Waals surface area contributed by atoms with Gasteiger partial charge in [-0.05, 0) is 50.3 Å². The predicted octanol–water partition coefficient (Wildman–Crippen LogP) is 3.10. The molecule has 1 aliphatic carbocycles. The van der Waals surface area contributed by atoms with E-state index in [1.165, 1.54) is 0 Å². The average molecular weight is 302 g/mol. The van der Waals surface area contributed by atoms with E-state index in [0.29, 0.717) is 23.6 Å². The molecule has 1 amide bonds. The second-order valence-electron chi connectivity index (χ2n) is 5.71. The molecule has 1 aliphatic rings. The molecule has 1 aromatic carbocycles. The molecular weight excluding hydrogens is 280 g/mol. The zero-order valence-corrected chi connectivity index (χ0v) is 13.3. The molecule has 1 saturated carbocycles. The minimum atomic E-state index is -0.843. The molecular formula is C17H22N2O3. The highest BCUT2D eigenvalue weighted by Crippen LogP contribution is 2.42. The number of ether oxygens (including phenoxy) is 2. The lowest BCUT2D eigenvalue weighted by Gasteiger charge is -2.27. The Bertz CT molecular complexity index is 590. The second kappa shape index (κ2) is 6.80. The first-order valence-electron chi connectivity index (χ1n) is 7.58. The lowest BCUT2D eigenvalue weighted by molar-refractivity contribution is -0.138. The van der Waals surface area contributed by atoms with E-state index in [1.54, 1.807) is 32.2 Å². The van der Waals surface area contributed by atoms with Gasteiger partial charge in [0.1, 0.15) is 17.4 Å². The van der Waals surface area contributed by atoms with E-state index in [2.05, 4.69) is 11.4 Å². The molecule has 1 fully saturated rings. The zero-order valence-electron chi connectivity index (χ0n) is 13.3. The first-order valence-corrected chi connectivity index (χ1v) is 7.58. The van der Waals surface area contributed by atoms with Crippen molar-refractivity contribution in [2.75, 3.05) is 19.0 Å².